The highest BCUT2D eigenvalue weighted by Crippen LogP contribution is 2.23. The van der Waals surface area contributed by atoms with Crippen molar-refractivity contribution in [3.05, 3.63) is 42.5 Å². The standard InChI is InChI=1S/C13H20O3Si/c1-12(13-8-6-5-7-9-13)10-11-17(14-2,15-3)16-4/h5-9H,1,10-11H2,2-4H3. The highest BCUT2D eigenvalue weighted by atomic mass is 28.4. The van der Waals surface area contributed by atoms with Crippen molar-refractivity contribution in [2.75, 3.05) is 21.3 Å². The van der Waals surface area contributed by atoms with Crippen LogP contribution in [0.1, 0.15) is 12.0 Å². The summed E-state index contributed by atoms with van der Waals surface area (Å²) < 4.78 is 16.1. The van der Waals surface area contributed by atoms with Gasteiger partial charge in [-0.3, -0.25) is 0 Å². The Kier molecular flexibility index (Phi) is 5.57. The molecule has 0 radical (unpaired) electrons. The third-order valence-electron chi connectivity index (χ3n) is 2.85. The fraction of sp³-hybridized carbons (Fsp3) is 0.385. The summed E-state index contributed by atoms with van der Waals surface area (Å²) in [4.78, 5) is 0. The van der Waals surface area contributed by atoms with Crippen LogP contribution in [0.25, 0.3) is 5.57 Å². The molecule has 1 rings (SSSR count). The molecule has 0 saturated carbocycles. The Labute approximate surface area is 104 Å². The van der Waals surface area contributed by atoms with Crippen LogP contribution >= 0.6 is 0 Å². The Hall–Kier alpha value is -0.943. The number of benzene rings is 1. The first kappa shape index (κ1) is 14.1. The lowest BCUT2D eigenvalue weighted by Crippen LogP contribution is -2.42. The second-order valence-corrected chi connectivity index (χ2v) is 6.86. The number of hydrogen-bond acceptors (Lipinski definition) is 3. The molecule has 0 aromatic heterocycles. The van der Waals surface area contributed by atoms with Crippen molar-refractivity contribution < 1.29 is 13.3 Å². The predicted octanol–water partition coefficient (Wildman–Crippen LogP) is 2.97. The molecule has 0 aliphatic heterocycles. The molecule has 0 spiro atoms. The molecule has 94 valence electrons. The van der Waals surface area contributed by atoms with E-state index in [1.807, 2.05) is 18.2 Å². The maximum atomic E-state index is 5.38. The molecule has 3 nitrogen and oxygen atoms in total. The topological polar surface area (TPSA) is 27.7 Å². The largest absolute Gasteiger partial charge is 0.500 e. The molecule has 1 aromatic rings. The van der Waals surface area contributed by atoms with Gasteiger partial charge in [0.25, 0.3) is 0 Å². The fourth-order valence-corrected chi connectivity index (χ4v) is 3.40. The SMILES string of the molecule is C=C(CC[Si](OC)(OC)OC)c1ccccc1. The van der Waals surface area contributed by atoms with Crippen LogP contribution in [0.4, 0.5) is 0 Å². The summed E-state index contributed by atoms with van der Waals surface area (Å²) in [6.07, 6.45) is 0.811. The van der Waals surface area contributed by atoms with E-state index in [4.69, 9.17) is 13.3 Å². The Balaban J connectivity index is 2.59. The summed E-state index contributed by atoms with van der Waals surface area (Å²) in [7, 11) is 2.41. The molecule has 0 N–H and O–H groups in total. The van der Waals surface area contributed by atoms with Gasteiger partial charge in [-0.05, 0) is 17.6 Å². The van der Waals surface area contributed by atoms with Crippen molar-refractivity contribution in [3.8, 4) is 0 Å². The molecule has 17 heavy (non-hydrogen) atoms. The van der Waals surface area contributed by atoms with Gasteiger partial charge in [-0.1, -0.05) is 36.9 Å². The van der Waals surface area contributed by atoms with Gasteiger partial charge in [0.1, 0.15) is 0 Å². The van der Waals surface area contributed by atoms with E-state index in [0.29, 0.717) is 0 Å². The van der Waals surface area contributed by atoms with Gasteiger partial charge in [0.2, 0.25) is 0 Å². The highest BCUT2D eigenvalue weighted by Gasteiger charge is 2.37. The summed E-state index contributed by atoms with van der Waals surface area (Å²) in [5.41, 5.74) is 2.23. The van der Waals surface area contributed by atoms with E-state index in [0.717, 1.165) is 23.6 Å². The van der Waals surface area contributed by atoms with Crippen LogP contribution in [0.2, 0.25) is 6.04 Å². The molecule has 0 unspecified atom stereocenters. The van der Waals surface area contributed by atoms with Crippen molar-refractivity contribution >= 4 is 14.4 Å². The molecule has 0 bridgehead atoms. The lowest BCUT2D eigenvalue weighted by Gasteiger charge is -2.24. The van der Waals surface area contributed by atoms with Crippen LogP contribution < -0.4 is 0 Å². The first-order valence-corrected chi connectivity index (χ1v) is 7.49. The Bertz CT molecular complexity index is 339. The van der Waals surface area contributed by atoms with E-state index in [1.54, 1.807) is 21.3 Å². The minimum absolute atomic E-state index is 0.740. The second-order valence-electron chi connectivity index (χ2n) is 3.76. The summed E-state index contributed by atoms with van der Waals surface area (Å²) in [6.45, 7) is 4.09. The van der Waals surface area contributed by atoms with Gasteiger partial charge in [0, 0.05) is 27.4 Å². The highest BCUT2D eigenvalue weighted by molar-refractivity contribution is 6.60. The lowest BCUT2D eigenvalue weighted by atomic mass is 10.1. The molecule has 0 fully saturated rings. The van der Waals surface area contributed by atoms with Gasteiger partial charge in [-0.2, -0.15) is 0 Å². The van der Waals surface area contributed by atoms with Crippen LogP contribution in [-0.2, 0) is 13.3 Å². The monoisotopic (exact) mass is 252 g/mol. The third-order valence-corrected chi connectivity index (χ3v) is 5.58. The van der Waals surface area contributed by atoms with Gasteiger partial charge in [-0.25, -0.2) is 0 Å². The molecule has 0 aliphatic carbocycles. The van der Waals surface area contributed by atoms with E-state index < -0.39 is 8.80 Å². The van der Waals surface area contributed by atoms with Crippen LogP contribution in [0, 0.1) is 0 Å². The molecule has 0 atom stereocenters. The Morgan fingerprint density at radius 2 is 1.59 bits per heavy atom. The first-order chi connectivity index (χ1) is 8.17. The van der Waals surface area contributed by atoms with E-state index in [1.165, 1.54) is 0 Å². The van der Waals surface area contributed by atoms with Crippen LogP contribution in [0.3, 0.4) is 0 Å². The van der Waals surface area contributed by atoms with Crippen molar-refractivity contribution in [2.24, 2.45) is 0 Å². The Morgan fingerprint density at radius 1 is 1.06 bits per heavy atom. The molecule has 0 saturated heterocycles. The van der Waals surface area contributed by atoms with E-state index in [9.17, 15) is 0 Å². The summed E-state index contributed by atoms with van der Waals surface area (Å²) in [5.74, 6) is 0. The van der Waals surface area contributed by atoms with Crippen LogP contribution in [-0.4, -0.2) is 30.1 Å². The molecular weight excluding hydrogens is 232 g/mol. The first-order valence-electron chi connectivity index (χ1n) is 5.56. The molecule has 0 heterocycles. The van der Waals surface area contributed by atoms with Gasteiger partial charge in [0.05, 0.1) is 0 Å². The summed E-state index contributed by atoms with van der Waals surface area (Å²) in [6, 6.07) is 10.9. The molecule has 0 amide bonds. The molecule has 0 aliphatic rings. The molecular formula is C13H20O3Si. The van der Waals surface area contributed by atoms with Crippen molar-refractivity contribution in [1.82, 2.24) is 0 Å². The quantitative estimate of drug-likeness (QED) is 0.698. The maximum absolute atomic E-state index is 5.38. The second kappa shape index (κ2) is 6.71. The zero-order valence-corrected chi connectivity index (χ0v) is 11.7. The Morgan fingerprint density at radius 3 is 2.06 bits per heavy atom. The number of rotatable bonds is 7. The van der Waals surface area contributed by atoms with E-state index in [2.05, 4.69) is 18.7 Å². The predicted molar refractivity (Wildman–Crippen MR) is 71.7 cm³/mol. The van der Waals surface area contributed by atoms with Gasteiger partial charge in [0.15, 0.2) is 0 Å². The van der Waals surface area contributed by atoms with Crippen molar-refractivity contribution in [3.63, 3.8) is 0 Å². The minimum Gasteiger partial charge on any atom is -0.377 e. The zero-order chi connectivity index (χ0) is 12.7. The summed E-state index contributed by atoms with van der Waals surface area (Å²) >= 11 is 0. The molecule has 1 aromatic carbocycles. The maximum Gasteiger partial charge on any atom is 0.500 e. The zero-order valence-electron chi connectivity index (χ0n) is 10.7. The normalized spacial score (nSPS) is 11.5. The van der Waals surface area contributed by atoms with Gasteiger partial charge >= 0.3 is 8.80 Å². The average molecular weight is 252 g/mol. The van der Waals surface area contributed by atoms with E-state index >= 15 is 0 Å². The molecule has 4 heteroatoms. The van der Waals surface area contributed by atoms with Crippen molar-refractivity contribution in [2.45, 2.75) is 12.5 Å². The number of allylic oxidation sites excluding steroid dienone is 1. The fourth-order valence-electron chi connectivity index (χ4n) is 1.68. The third kappa shape index (κ3) is 3.78. The van der Waals surface area contributed by atoms with Crippen molar-refractivity contribution in [1.29, 1.82) is 0 Å². The van der Waals surface area contributed by atoms with E-state index in [-0.39, 0.29) is 0 Å². The summed E-state index contributed by atoms with van der Waals surface area (Å²) in [5, 5.41) is 0. The van der Waals surface area contributed by atoms with Crippen LogP contribution in [0.15, 0.2) is 36.9 Å². The smallest absolute Gasteiger partial charge is 0.377 e. The van der Waals surface area contributed by atoms with Crippen LogP contribution in [0.5, 0.6) is 0 Å². The lowest BCUT2D eigenvalue weighted by molar-refractivity contribution is 0.124. The minimum atomic E-state index is -2.47. The van der Waals surface area contributed by atoms with Gasteiger partial charge < -0.3 is 13.3 Å². The van der Waals surface area contributed by atoms with Gasteiger partial charge in [-0.15, -0.1) is 0 Å². The average Bonchev–Trinajstić information content (AvgIpc) is 2.41. The number of hydrogen-bond donors (Lipinski definition) is 0.